The molecule has 1 aliphatic rings. The number of hydrogen-bond acceptors (Lipinski definition) is 5. The van der Waals surface area contributed by atoms with Gasteiger partial charge in [-0.05, 0) is 34.1 Å². The van der Waals surface area contributed by atoms with Gasteiger partial charge in [-0.25, -0.2) is 9.59 Å². The van der Waals surface area contributed by atoms with Crippen molar-refractivity contribution in [2.45, 2.75) is 45.8 Å². The quantitative estimate of drug-likeness (QED) is 0.600. The summed E-state index contributed by atoms with van der Waals surface area (Å²) in [5, 5.41) is 4.81. The lowest BCUT2D eigenvalue weighted by Gasteiger charge is -2.24. The largest absolute Gasteiger partial charge is 0.501 e. The summed E-state index contributed by atoms with van der Waals surface area (Å²) >= 11 is 0. The van der Waals surface area contributed by atoms with Gasteiger partial charge >= 0.3 is 12.1 Å². The highest BCUT2D eigenvalue weighted by Gasteiger charge is 2.30. The maximum absolute atomic E-state index is 11.9. The minimum Gasteiger partial charge on any atom is -0.501 e. The summed E-state index contributed by atoms with van der Waals surface area (Å²) in [5.41, 5.74) is -0.556. The number of carbonyl (C=O) groups is 3. The molecule has 1 rings (SSSR count). The van der Waals surface area contributed by atoms with Gasteiger partial charge < -0.3 is 19.7 Å². The van der Waals surface area contributed by atoms with Gasteiger partial charge in [0.15, 0.2) is 0 Å². The highest BCUT2D eigenvalue weighted by molar-refractivity contribution is 6.00. The van der Waals surface area contributed by atoms with E-state index in [1.165, 1.54) is 11.2 Å². The summed E-state index contributed by atoms with van der Waals surface area (Å²) in [6.45, 7) is 8.47. The van der Waals surface area contributed by atoms with Crippen LogP contribution in [0.5, 0.6) is 0 Å². The third-order valence-electron chi connectivity index (χ3n) is 2.89. The fourth-order valence-electron chi connectivity index (χ4n) is 1.95. The molecular formula is C15H25N3O5. The van der Waals surface area contributed by atoms with E-state index in [0.717, 1.165) is 6.08 Å². The second-order valence-corrected chi connectivity index (χ2v) is 6.13. The van der Waals surface area contributed by atoms with E-state index >= 15 is 0 Å². The molecule has 8 nitrogen and oxygen atoms in total. The Morgan fingerprint density at radius 2 is 2.00 bits per heavy atom. The number of nitrogens with zero attached hydrogens (tertiary/aromatic N) is 1. The van der Waals surface area contributed by atoms with E-state index in [0.29, 0.717) is 26.1 Å². The zero-order chi connectivity index (χ0) is 17.5. The van der Waals surface area contributed by atoms with Crippen LogP contribution in [0.25, 0.3) is 0 Å². The van der Waals surface area contributed by atoms with Gasteiger partial charge in [0.1, 0.15) is 5.60 Å². The molecule has 1 saturated heterocycles. The molecular weight excluding hydrogens is 302 g/mol. The molecule has 23 heavy (non-hydrogen) atoms. The topological polar surface area (TPSA) is 97.0 Å². The van der Waals surface area contributed by atoms with Crippen LogP contribution in [0.3, 0.4) is 0 Å². The zero-order valence-corrected chi connectivity index (χ0v) is 14.0. The average molecular weight is 327 g/mol. The first kappa shape index (κ1) is 18.8. The Labute approximate surface area is 136 Å². The van der Waals surface area contributed by atoms with Crippen molar-refractivity contribution in [3.63, 3.8) is 0 Å². The number of hydrogen-bond donors (Lipinski definition) is 2. The molecule has 4 amide bonds. The summed E-state index contributed by atoms with van der Waals surface area (Å²) in [4.78, 5) is 36.6. The lowest BCUT2D eigenvalue weighted by molar-refractivity contribution is -0.115. The van der Waals surface area contributed by atoms with E-state index in [1.807, 2.05) is 0 Å². The fourth-order valence-corrected chi connectivity index (χ4v) is 1.95. The van der Waals surface area contributed by atoms with E-state index in [1.54, 1.807) is 27.7 Å². The number of imide groups is 1. The molecule has 1 atom stereocenters. The Kier molecular flexibility index (Phi) is 6.87. The lowest BCUT2D eigenvalue weighted by atomic mass is 10.2. The molecule has 0 bridgehead atoms. The van der Waals surface area contributed by atoms with E-state index in [4.69, 9.17) is 9.47 Å². The van der Waals surface area contributed by atoms with Gasteiger partial charge in [0, 0.05) is 25.2 Å². The summed E-state index contributed by atoms with van der Waals surface area (Å²) in [6, 6.07) is -0.821. The molecule has 0 radical (unpaired) electrons. The molecule has 0 aromatic carbocycles. The van der Waals surface area contributed by atoms with Crippen LogP contribution in [0.1, 0.15) is 34.1 Å². The zero-order valence-electron chi connectivity index (χ0n) is 14.0. The van der Waals surface area contributed by atoms with Gasteiger partial charge in [0.05, 0.1) is 12.9 Å². The van der Waals surface area contributed by atoms with Crippen molar-refractivity contribution in [2.75, 3.05) is 19.7 Å². The predicted molar refractivity (Wildman–Crippen MR) is 83.7 cm³/mol. The third-order valence-corrected chi connectivity index (χ3v) is 2.89. The number of nitrogens with one attached hydrogen (secondary N) is 2. The van der Waals surface area contributed by atoms with Crippen molar-refractivity contribution in [1.82, 2.24) is 15.5 Å². The number of urea groups is 1. The molecule has 0 aromatic rings. The van der Waals surface area contributed by atoms with E-state index in [-0.39, 0.29) is 6.04 Å². The normalized spacial score (nSPS) is 17.9. The Balaban J connectivity index is 2.35. The van der Waals surface area contributed by atoms with Crippen molar-refractivity contribution >= 4 is 18.0 Å². The van der Waals surface area contributed by atoms with Gasteiger partial charge in [0.25, 0.3) is 5.91 Å². The third kappa shape index (κ3) is 7.53. The van der Waals surface area contributed by atoms with E-state index < -0.39 is 23.6 Å². The first-order valence-electron chi connectivity index (χ1n) is 7.59. The molecule has 0 saturated carbocycles. The Bertz CT molecular complexity index is 470. The minimum absolute atomic E-state index is 0.216. The predicted octanol–water partition coefficient (Wildman–Crippen LogP) is 1.37. The molecule has 8 heteroatoms. The van der Waals surface area contributed by atoms with E-state index in [9.17, 15) is 14.4 Å². The van der Waals surface area contributed by atoms with Crippen LogP contribution in [0, 0.1) is 0 Å². The molecule has 130 valence electrons. The molecule has 0 aromatic heterocycles. The minimum atomic E-state index is -0.604. The highest BCUT2D eigenvalue weighted by Crippen LogP contribution is 2.15. The van der Waals surface area contributed by atoms with Crippen molar-refractivity contribution in [3.8, 4) is 0 Å². The molecule has 0 aliphatic carbocycles. The number of amides is 4. The Hall–Kier alpha value is -2.25. The second-order valence-electron chi connectivity index (χ2n) is 6.13. The average Bonchev–Trinajstić information content (AvgIpc) is 2.85. The number of likely N-dealkylation sites (tertiary alicyclic amines) is 1. The lowest BCUT2D eigenvalue weighted by Crippen LogP contribution is -2.45. The number of carbonyl (C=O) groups excluding carboxylic acids is 3. The first-order valence-corrected chi connectivity index (χ1v) is 7.59. The van der Waals surface area contributed by atoms with Crippen LogP contribution in [-0.4, -0.2) is 54.3 Å². The van der Waals surface area contributed by atoms with Crippen molar-refractivity contribution in [2.24, 2.45) is 0 Å². The highest BCUT2D eigenvalue weighted by atomic mass is 16.6. The molecule has 2 N–H and O–H groups in total. The molecule has 1 heterocycles. The van der Waals surface area contributed by atoms with E-state index in [2.05, 4.69) is 10.6 Å². The van der Waals surface area contributed by atoms with Crippen LogP contribution in [0.15, 0.2) is 12.3 Å². The van der Waals surface area contributed by atoms with Crippen LogP contribution in [0.2, 0.25) is 0 Å². The maximum Gasteiger partial charge on any atom is 0.410 e. The van der Waals surface area contributed by atoms with Gasteiger partial charge in [-0.1, -0.05) is 0 Å². The smallest absolute Gasteiger partial charge is 0.410 e. The van der Waals surface area contributed by atoms with Gasteiger partial charge in [-0.15, -0.1) is 0 Å². The molecule has 1 aliphatic heterocycles. The Morgan fingerprint density at radius 3 is 2.61 bits per heavy atom. The number of ether oxygens (including phenoxy) is 2. The fraction of sp³-hybridized carbons (Fsp3) is 0.667. The first-order chi connectivity index (χ1) is 10.7. The molecule has 0 spiro atoms. The monoisotopic (exact) mass is 327 g/mol. The van der Waals surface area contributed by atoms with Crippen molar-refractivity contribution in [1.29, 1.82) is 0 Å². The maximum atomic E-state index is 11.9. The summed E-state index contributed by atoms with van der Waals surface area (Å²) in [6.07, 6.45) is 2.56. The van der Waals surface area contributed by atoms with Crippen LogP contribution in [0.4, 0.5) is 9.59 Å². The van der Waals surface area contributed by atoms with Gasteiger partial charge in [0.2, 0.25) is 0 Å². The second kappa shape index (κ2) is 8.40. The van der Waals surface area contributed by atoms with Crippen LogP contribution < -0.4 is 10.6 Å². The standard InChI is InChI=1S/C15H25N3O5/c1-5-22-9-7-12(19)17-13(20)16-11-6-8-18(10-11)14(21)23-15(2,3)4/h7,9,11H,5-6,8,10H2,1-4H3,(H2,16,17,19,20)/b9-7+/t11-/m0/s1. The van der Waals surface area contributed by atoms with Gasteiger partial charge in [-0.2, -0.15) is 0 Å². The van der Waals surface area contributed by atoms with Crippen molar-refractivity contribution < 1.29 is 23.9 Å². The van der Waals surface area contributed by atoms with Crippen LogP contribution >= 0.6 is 0 Å². The Morgan fingerprint density at radius 1 is 1.30 bits per heavy atom. The molecule has 0 unspecified atom stereocenters. The number of rotatable bonds is 4. The van der Waals surface area contributed by atoms with Crippen LogP contribution in [-0.2, 0) is 14.3 Å². The SMILES string of the molecule is CCO/C=C/C(=O)NC(=O)N[C@H]1CCN(C(=O)OC(C)(C)C)C1. The van der Waals surface area contributed by atoms with Crippen molar-refractivity contribution in [3.05, 3.63) is 12.3 Å². The molecule has 1 fully saturated rings. The van der Waals surface area contributed by atoms with Gasteiger partial charge in [-0.3, -0.25) is 10.1 Å². The summed E-state index contributed by atoms with van der Waals surface area (Å²) in [5.74, 6) is -0.571. The summed E-state index contributed by atoms with van der Waals surface area (Å²) in [7, 11) is 0. The summed E-state index contributed by atoms with van der Waals surface area (Å²) < 4.78 is 10.1.